The number of hydrogen-bond donors (Lipinski definition) is 1. The Morgan fingerprint density at radius 1 is 1.00 bits per heavy atom. The summed E-state index contributed by atoms with van der Waals surface area (Å²) < 4.78 is 5.21. The molecule has 21 heavy (non-hydrogen) atoms. The lowest BCUT2D eigenvalue weighted by molar-refractivity contribution is -0.133. The molecule has 0 aliphatic rings. The van der Waals surface area contributed by atoms with E-state index in [1.165, 1.54) is 11.1 Å². The number of benzene rings is 2. The van der Waals surface area contributed by atoms with Crippen LogP contribution in [-0.4, -0.2) is 11.7 Å². The second-order valence-corrected chi connectivity index (χ2v) is 5.37. The zero-order chi connectivity index (χ0) is 15.1. The zero-order valence-electron chi connectivity index (χ0n) is 12.2. The molecule has 0 spiro atoms. The zero-order valence-corrected chi connectivity index (χ0v) is 13.1. The quantitative estimate of drug-likeness (QED) is 0.482. The summed E-state index contributed by atoms with van der Waals surface area (Å²) in [6.07, 6.45) is 2.59. The van der Waals surface area contributed by atoms with Gasteiger partial charge in [0, 0.05) is 5.75 Å². The molecule has 0 radical (unpaired) electrons. The average molecular weight is 300 g/mol. The van der Waals surface area contributed by atoms with E-state index in [2.05, 4.69) is 43.8 Å². The molecule has 0 aliphatic carbocycles. The molecular weight excluding hydrogens is 280 g/mol. The standard InChI is InChI=1S/C18H20O2S/c1-2-3-14-4-6-15(7-5-14)16-8-10-17(11-9-16)20-18(19)12-13-21/h4-11,21H,2-3,12-13H2,1H3. The van der Waals surface area contributed by atoms with E-state index in [9.17, 15) is 4.79 Å². The maximum atomic E-state index is 11.4. The van der Waals surface area contributed by atoms with Crippen molar-refractivity contribution in [3.8, 4) is 16.9 Å². The van der Waals surface area contributed by atoms with Crippen LogP contribution in [0.4, 0.5) is 0 Å². The number of rotatable bonds is 6. The van der Waals surface area contributed by atoms with Crippen molar-refractivity contribution in [1.82, 2.24) is 0 Å². The summed E-state index contributed by atoms with van der Waals surface area (Å²) in [6, 6.07) is 16.2. The molecule has 0 saturated carbocycles. The first-order valence-corrected chi connectivity index (χ1v) is 7.87. The van der Waals surface area contributed by atoms with Crippen LogP contribution in [0.1, 0.15) is 25.3 Å². The Labute approximate surface area is 131 Å². The molecule has 0 heterocycles. The predicted molar refractivity (Wildman–Crippen MR) is 90.0 cm³/mol. The lowest BCUT2D eigenvalue weighted by atomic mass is 10.0. The van der Waals surface area contributed by atoms with Gasteiger partial charge >= 0.3 is 5.97 Å². The van der Waals surface area contributed by atoms with Crippen LogP contribution in [0, 0.1) is 0 Å². The van der Waals surface area contributed by atoms with Gasteiger partial charge < -0.3 is 4.74 Å². The Hall–Kier alpha value is -1.74. The maximum Gasteiger partial charge on any atom is 0.312 e. The minimum absolute atomic E-state index is 0.248. The molecule has 2 aromatic rings. The van der Waals surface area contributed by atoms with Crippen LogP contribution < -0.4 is 4.74 Å². The SMILES string of the molecule is CCCc1ccc(-c2ccc(OC(=O)CCS)cc2)cc1. The summed E-state index contributed by atoms with van der Waals surface area (Å²) in [5, 5.41) is 0. The Balaban J connectivity index is 2.06. The number of ether oxygens (including phenoxy) is 1. The van der Waals surface area contributed by atoms with E-state index in [-0.39, 0.29) is 5.97 Å². The van der Waals surface area contributed by atoms with Gasteiger partial charge in [-0.25, -0.2) is 0 Å². The summed E-state index contributed by atoms with van der Waals surface area (Å²) in [5.74, 6) is 0.830. The molecule has 2 aromatic carbocycles. The van der Waals surface area contributed by atoms with Gasteiger partial charge in [0.05, 0.1) is 6.42 Å². The minimum Gasteiger partial charge on any atom is -0.427 e. The van der Waals surface area contributed by atoms with Gasteiger partial charge in [-0.1, -0.05) is 49.7 Å². The van der Waals surface area contributed by atoms with Crippen molar-refractivity contribution in [2.75, 3.05) is 5.75 Å². The number of esters is 1. The van der Waals surface area contributed by atoms with Gasteiger partial charge in [0.1, 0.15) is 5.75 Å². The van der Waals surface area contributed by atoms with Crippen molar-refractivity contribution in [3.63, 3.8) is 0 Å². The smallest absolute Gasteiger partial charge is 0.312 e. The predicted octanol–water partition coefficient (Wildman–Crippen LogP) is 4.53. The first-order valence-electron chi connectivity index (χ1n) is 7.24. The fourth-order valence-corrected chi connectivity index (χ4v) is 2.32. The van der Waals surface area contributed by atoms with Crippen LogP contribution in [0.3, 0.4) is 0 Å². The van der Waals surface area contributed by atoms with Crippen LogP contribution in [0.5, 0.6) is 5.75 Å². The summed E-state index contributed by atoms with van der Waals surface area (Å²) >= 11 is 4.01. The molecule has 0 aromatic heterocycles. The maximum absolute atomic E-state index is 11.4. The largest absolute Gasteiger partial charge is 0.427 e. The highest BCUT2D eigenvalue weighted by Gasteiger charge is 2.04. The first-order chi connectivity index (χ1) is 10.2. The molecule has 0 aliphatic heterocycles. The van der Waals surface area contributed by atoms with E-state index in [4.69, 9.17) is 4.74 Å². The second kappa shape index (κ2) is 7.89. The highest BCUT2D eigenvalue weighted by atomic mass is 32.1. The third-order valence-corrected chi connectivity index (χ3v) is 3.45. The lowest BCUT2D eigenvalue weighted by Crippen LogP contribution is -2.07. The third-order valence-electron chi connectivity index (χ3n) is 3.23. The van der Waals surface area contributed by atoms with Gasteiger partial charge in [-0.15, -0.1) is 0 Å². The van der Waals surface area contributed by atoms with E-state index >= 15 is 0 Å². The Morgan fingerprint density at radius 2 is 1.57 bits per heavy atom. The molecule has 2 rings (SSSR count). The van der Waals surface area contributed by atoms with Crippen molar-refractivity contribution >= 4 is 18.6 Å². The minimum atomic E-state index is -0.248. The number of carbonyl (C=O) groups excluding carboxylic acids is 1. The summed E-state index contributed by atoms with van der Waals surface area (Å²) in [5.41, 5.74) is 3.65. The van der Waals surface area contributed by atoms with Gasteiger partial charge in [-0.05, 0) is 35.2 Å². The van der Waals surface area contributed by atoms with Gasteiger partial charge in [-0.3, -0.25) is 4.79 Å². The third kappa shape index (κ3) is 4.64. The highest BCUT2D eigenvalue weighted by molar-refractivity contribution is 7.80. The Morgan fingerprint density at radius 3 is 2.10 bits per heavy atom. The second-order valence-electron chi connectivity index (χ2n) is 4.92. The number of carbonyl (C=O) groups is 1. The van der Waals surface area contributed by atoms with Crippen LogP contribution in [0.15, 0.2) is 48.5 Å². The molecule has 0 bridgehead atoms. The molecule has 0 N–H and O–H groups in total. The Bertz CT molecular complexity index is 573. The number of hydrogen-bond acceptors (Lipinski definition) is 3. The molecule has 110 valence electrons. The number of aryl methyl sites for hydroxylation is 1. The molecule has 2 nitrogen and oxygen atoms in total. The van der Waals surface area contributed by atoms with Gasteiger partial charge in [0.15, 0.2) is 0 Å². The van der Waals surface area contributed by atoms with Crippen LogP contribution in [-0.2, 0) is 11.2 Å². The van der Waals surface area contributed by atoms with E-state index in [1.54, 1.807) is 0 Å². The summed E-state index contributed by atoms with van der Waals surface area (Å²) in [7, 11) is 0. The fourth-order valence-electron chi connectivity index (χ4n) is 2.14. The first kappa shape index (κ1) is 15.6. The van der Waals surface area contributed by atoms with Crippen LogP contribution in [0.2, 0.25) is 0 Å². The molecular formula is C18H20O2S. The van der Waals surface area contributed by atoms with Crippen molar-refractivity contribution < 1.29 is 9.53 Å². The Kier molecular flexibility index (Phi) is 5.88. The van der Waals surface area contributed by atoms with Crippen molar-refractivity contribution in [1.29, 1.82) is 0 Å². The topological polar surface area (TPSA) is 26.3 Å². The summed E-state index contributed by atoms with van der Waals surface area (Å²) in [4.78, 5) is 11.4. The molecule has 0 unspecified atom stereocenters. The molecule has 0 amide bonds. The van der Waals surface area contributed by atoms with E-state index in [0.29, 0.717) is 17.9 Å². The van der Waals surface area contributed by atoms with Crippen molar-refractivity contribution in [2.45, 2.75) is 26.2 Å². The summed E-state index contributed by atoms with van der Waals surface area (Å²) in [6.45, 7) is 2.18. The van der Waals surface area contributed by atoms with Crippen molar-refractivity contribution in [3.05, 3.63) is 54.1 Å². The molecule has 0 fully saturated rings. The highest BCUT2D eigenvalue weighted by Crippen LogP contribution is 2.23. The monoisotopic (exact) mass is 300 g/mol. The van der Waals surface area contributed by atoms with Crippen LogP contribution in [0.25, 0.3) is 11.1 Å². The normalized spacial score (nSPS) is 10.4. The van der Waals surface area contributed by atoms with E-state index in [0.717, 1.165) is 18.4 Å². The van der Waals surface area contributed by atoms with Crippen molar-refractivity contribution in [2.24, 2.45) is 0 Å². The van der Waals surface area contributed by atoms with Gasteiger partial charge in [-0.2, -0.15) is 12.6 Å². The van der Waals surface area contributed by atoms with Gasteiger partial charge in [0.25, 0.3) is 0 Å². The number of thiol groups is 1. The van der Waals surface area contributed by atoms with Crippen LogP contribution >= 0.6 is 12.6 Å². The lowest BCUT2D eigenvalue weighted by Gasteiger charge is -2.06. The fraction of sp³-hybridized carbons (Fsp3) is 0.278. The van der Waals surface area contributed by atoms with E-state index in [1.807, 2.05) is 24.3 Å². The van der Waals surface area contributed by atoms with E-state index < -0.39 is 0 Å². The average Bonchev–Trinajstić information content (AvgIpc) is 2.49. The molecule has 3 heteroatoms. The van der Waals surface area contributed by atoms with Gasteiger partial charge in [0.2, 0.25) is 0 Å². The molecule has 0 saturated heterocycles. The molecule has 0 atom stereocenters.